The highest BCUT2D eigenvalue weighted by Crippen LogP contribution is 1.95. The molecule has 1 aromatic rings. The number of nitrogens with one attached hydrogen (secondary N) is 1. The molecular formula is C11H13NO2. The Bertz CT molecular complexity index is 454. The molecule has 0 atom stereocenters. The molecule has 1 rings (SSSR count). The topological polar surface area (TPSA) is 42.1 Å². The SMILES string of the molecule is C=C/C(C(=O)OC)=c1/[nH]cc/c1=C/C. The van der Waals surface area contributed by atoms with Gasteiger partial charge in [0.15, 0.2) is 0 Å². The number of hydrogen-bond acceptors (Lipinski definition) is 2. The number of ether oxygens (including phenoxy) is 1. The lowest BCUT2D eigenvalue weighted by Crippen LogP contribution is -2.27. The highest BCUT2D eigenvalue weighted by Gasteiger charge is 2.06. The zero-order chi connectivity index (χ0) is 10.6. The van der Waals surface area contributed by atoms with Crippen LogP contribution in [-0.2, 0) is 9.53 Å². The highest BCUT2D eigenvalue weighted by molar-refractivity contribution is 6.13. The Labute approximate surface area is 82.4 Å². The van der Waals surface area contributed by atoms with Crippen LogP contribution in [0.5, 0.6) is 0 Å². The third-order valence-corrected chi connectivity index (χ3v) is 1.97. The lowest BCUT2D eigenvalue weighted by Gasteiger charge is -1.97. The molecule has 0 spiro atoms. The molecule has 1 N–H and O–H groups in total. The second-order valence-corrected chi connectivity index (χ2v) is 2.71. The second-order valence-electron chi connectivity index (χ2n) is 2.71. The molecule has 0 aliphatic heterocycles. The predicted octanol–water partition coefficient (Wildman–Crippen LogP) is 0.325. The van der Waals surface area contributed by atoms with Crippen molar-refractivity contribution in [2.75, 3.05) is 7.11 Å². The van der Waals surface area contributed by atoms with Gasteiger partial charge in [0, 0.05) is 6.20 Å². The first kappa shape index (κ1) is 10.3. The van der Waals surface area contributed by atoms with Crippen LogP contribution in [0.25, 0.3) is 11.6 Å². The molecule has 3 heteroatoms. The van der Waals surface area contributed by atoms with Gasteiger partial charge in [0.25, 0.3) is 0 Å². The molecule has 0 unspecified atom stereocenters. The van der Waals surface area contributed by atoms with Gasteiger partial charge in [-0.05, 0) is 18.2 Å². The average molecular weight is 191 g/mol. The summed E-state index contributed by atoms with van der Waals surface area (Å²) in [5, 5.41) is 1.71. The quantitative estimate of drug-likeness (QED) is 0.684. The van der Waals surface area contributed by atoms with Gasteiger partial charge in [-0.2, -0.15) is 0 Å². The predicted molar refractivity (Wildman–Crippen MR) is 55.8 cm³/mol. The van der Waals surface area contributed by atoms with Crippen LogP contribution in [0.4, 0.5) is 0 Å². The molecule has 0 aliphatic carbocycles. The van der Waals surface area contributed by atoms with E-state index in [4.69, 9.17) is 0 Å². The molecular weight excluding hydrogens is 178 g/mol. The molecule has 0 aliphatic rings. The van der Waals surface area contributed by atoms with Gasteiger partial charge >= 0.3 is 5.97 Å². The smallest absolute Gasteiger partial charge is 0.339 e. The van der Waals surface area contributed by atoms with E-state index >= 15 is 0 Å². The molecule has 1 heterocycles. The number of esters is 1. The summed E-state index contributed by atoms with van der Waals surface area (Å²) in [6, 6.07) is 1.89. The highest BCUT2D eigenvalue weighted by atomic mass is 16.5. The van der Waals surface area contributed by atoms with Crippen molar-refractivity contribution in [2.24, 2.45) is 0 Å². The lowest BCUT2D eigenvalue weighted by molar-refractivity contribution is -0.133. The van der Waals surface area contributed by atoms with Crippen LogP contribution in [0.1, 0.15) is 6.92 Å². The average Bonchev–Trinajstić information content (AvgIpc) is 2.66. The Morgan fingerprint density at radius 3 is 2.86 bits per heavy atom. The minimum absolute atomic E-state index is 0.384. The molecule has 0 saturated heterocycles. The molecule has 0 bridgehead atoms. The van der Waals surface area contributed by atoms with E-state index in [1.54, 1.807) is 6.20 Å². The van der Waals surface area contributed by atoms with E-state index < -0.39 is 0 Å². The number of carbonyl (C=O) groups is 1. The van der Waals surface area contributed by atoms with Crippen molar-refractivity contribution in [1.29, 1.82) is 0 Å². The van der Waals surface area contributed by atoms with E-state index in [1.807, 2.05) is 19.1 Å². The number of aromatic amines is 1. The monoisotopic (exact) mass is 191 g/mol. The third-order valence-electron chi connectivity index (χ3n) is 1.97. The van der Waals surface area contributed by atoms with Crippen molar-refractivity contribution in [3.63, 3.8) is 0 Å². The molecule has 0 radical (unpaired) electrons. The van der Waals surface area contributed by atoms with Gasteiger partial charge < -0.3 is 9.72 Å². The van der Waals surface area contributed by atoms with Crippen LogP contribution in [0, 0.1) is 0 Å². The van der Waals surface area contributed by atoms with Gasteiger partial charge in [0.2, 0.25) is 0 Å². The van der Waals surface area contributed by atoms with E-state index in [-0.39, 0.29) is 5.97 Å². The maximum Gasteiger partial charge on any atom is 0.339 e. The summed E-state index contributed by atoms with van der Waals surface area (Å²) in [6.45, 7) is 5.50. The van der Waals surface area contributed by atoms with Crippen molar-refractivity contribution in [2.45, 2.75) is 6.92 Å². The molecule has 0 saturated carbocycles. The Kier molecular flexibility index (Phi) is 3.29. The zero-order valence-electron chi connectivity index (χ0n) is 8.33. The first-order valence-electron chi connectivity index (χ1n) is 4.29. The van der Waals surface area contributed by atoms with Gasteiger partial charge in [-0.15, -0.1) is 0 Å². The molecule has 0 amide bonds. The van der Waals surface area contributed by atoms with E-state index in [1.165, 1.54) is 13.2 Å². The molecule has 3 nitrogen and oxygen atoms in total. The van der Waals surface area contributed by atoms with Gasteiger partial charge in [-0.25, -0.2) is 4.79 Å². The van der Waals surface area contributed by atoms with Gasteiger partial charge in [0.1, 0.15) is 0 Å². The summed E-state index contributed by atoms with van der Waals surface area (Å²) in [5.41, 5.74) is 0.450. The summed E-state index contributed by atoms with van der Waals surface area (Å²) in [4.78, 5) is 14.3. The fourth-order valence-electron chi connectivity index (χ4n) is 1.25. The van der Waals surface area contributed by atoms with Gasteiger partial charge in [0.05, 0.1) is 18.0 Å². The van der Waals surface area contributed by atoms with Crippen LogP contribution < -0.4 is 10.6 Å². The van der Waals surface area contributed by atoms with Crippen molar-refractivity contribution < 1.29 is 9.53 Å². The first-order chi connectivity index (χ1) is 6.74. The van der Waals surface area contributed by atoms with Crippen LogP contribution in [0.2, 0.25) is 0 Å². The van der Waals surface area contributed by atoms with Crippen molar-refractivity contribution in [1.82, 2.24) is 4.98 Å². The third kappa shape index (κ3) is 1.76. The van der Waals surface area contributed by atoms with Crippen LogP contribution >= 0.6 is 0 Å². The normalized spacial score (nSPS) is 13.7. The summed E-state index contributed by atoms with van der Waals surface area (Å²) >= 11 is 0. The Morgan fingerprint density at radius 1 is 1.64 bits per heavy atom. The van der Waals surface area contributed by atoms with Crippen molar-refractivity contribution >= 4 is 17.6 Å². The number of methoxy groups -OCH3 is 1. The van der Waals surface area contributed by atoms with Crippen LogP contribution in [0.15, 0.2) is 24.9 Å². The number of H-pyrrole nitrogens is 1. The maximum absolute atomic E-state index is 11.3. The first-order valence-corrected chi connectivity index (χ1v) is 4.29. The second kappa shape index (κ2) is 4.46. The minimum Gasteiger partial charge on any atom is -0.465 e. The van der Waals surface area contributed by atoms with E-state index in [9.17, 15) is 4.79 Å². The van der Waals surface area contributed by atoms with Crippen molar-refractivity contribution in [3.05, 3.63) is 35.5 Å². The molecule has 0 fully saturated rings. The summed E-state index contributed by atoms with van der Waals surface area (Å²) in [5.74, 6) is -0.384. The van der Waals surface area contributed by atoms with Crippen LogP contribution in [-0.4, -0.2) is 18.1 Å². The van der Waals surface area contributed by atoms with E-state index in [0.29, 0.717) is 5.57 Å². The number of aromatic nitrogens is 1. The Balaban J connectivity index is 3.54. The summed E-state index contributed by atoms with van der Waals surface area (Å²) in [6.07, 6.45) is 5.18. The Morgan fingerprint density at radius 2 is 2.36 bits per heavy atom. The molecule has 74 valence electrons. The standard InChI is InChI=1S/C11H13NO2/c1-4-8-6-7-12-10(8)9(5-2)11(13)14-3/h4-7,12H,2H2,1,3H3/b8-4-,10-9-. The van der Waals surface area contributed by atoms with Gasteiger partial charge in [-0.3, -0.25) is 0 Å². The summed E-state index contributed by atoms with van der Waals surface area (Å²) < 4.78 is 4.65. The fraction of sp³-hybridized carbons (Fsp3) is 0.182. The van der Waals surface area contributed by atoms with E-state index in [2.05, 4.69) is 16.3 Å². The minimum atomic E-state index is -0.384. The fourth-order valence-corrected chi connectivity index (χ4v) is 1.25. The largest absolute Gasteiger partial charge is 0.465 e. The van der Waals surface area contributed by atoms with Crippen LogP contribution in [0.3, 0.4) is 0 Å². The molecule has 0 aromatic carbocycles. The number of carbonyl (C=O) groups excluding carboxylic acids is 1. The Hall–Kier alpha value is -1.77. The van der Waals surface area contributed by atoms with E-state index in [0.717, 1.165) is 10.6 Å². The number of rotatable bonds is 2. The van der Waals surface area contributed by atoms with Gasteiger partial charge in [-0.1, -0.05) is 18.7 Å². The zero-order valence-corrected chi connectivity index (χ0v) is 8.33. The molecule has 14 heavy (non-hydrogen) atoms. The van der Waals surface area contributed by atoms with Crippen molar-refractivity contribution in [3.8, 4) is 0 Å². The molecule has 1 aromatic heterocycles. The number of hydrogen-bond donors (Lipinski definition) is 1. The summed E-state index contributed by atoms with van der Waals surface area (Å²) in [7, 11) is 1.35. The lowest BCUT2D eigenvalue weighted by atomic mass is 10.2. The maximum atomic E-state index is 11.3.